The van der Waals surface area contributed by atoms with E-state index in [-0.39, 0.29) is 0 Å². The van der Waals surface area contributed by atoms with Gasteiger partial charge in [0.2, 0.25) is 0 Å². The average molecular weight is 234 g/mol. The van der Waals surface area contributed by atoms with Gasteiger partial charge < -0.3 is 0 Å². The lowest BCUT2D eigenvalue weighted by molar-refractivity contribution is 1.46. The number of benzene rings is 2. The van der Waals surface area contributed by atoms with Crippen LogP contribution in [0.4, 0.5) is 0 Å². The molecule has 0 aliphatic heterocycles. The van der Waals surface area contributed by atoms with E-state index in [9.17, 15) is 0 Å². The fourth-order valence-corrected chi connectivity index (χ4v) is 1.77. The van der Waals surface area contributed by atoms with Crippen LogP contribution in [-0.2, 0) is 0 Å². The Bertz CT molecular complexity index is 542. The lowest BCUT2D eigenvalue weighted by atomic mass is 10.1. The fraction of sp³-hybridized carbons (Fsp3) is 0.111. The Morgan fingerprint density at radius 1 is 0.833 bits per heavy atom. The van der Waals surface area contributed by atoms with Crippen LogP contribution in [0.1, 0.15) is 23.6 Å². The summed E-state index contributed by atoms with van der Waals surface area (Å²) in [6.45, 7) is 4.23. The highest BCUT2D eigenvalue weighted by Gasteiger charge is 1.88. The molecule has 18 heavy (non-hydrogen) atoms. The predicted octanol–water partition coefficient (Wildman–Crippen LogP) is 5.11. The van der Waals surface area contributed by atoms with Gasteiger partial charge in [-0.15, -0.1) is 0 Å². The lowest BCUT2D eigenvalue weighted by Gasteiger charge is -1.97. The number of allylic oxidation sites excluding steroid dienone is 2. The summed E-state index contributed by atoms with van der Waals surface area (Å²) in [5, 5.41) is 0. The van der Waals surface area contributed by atoms with E-state index in [0.717, 1.165) is 0 Å². The molecule has 0 atom stereocenters. The van der Waals surface area contributed by atoms with Crippen molar-refractivity contribution in [3.8, 4) is 0 Å². The van der Waals surface area contributed by atoms with Crippen molar-refractivity contribution < 1.29 is 0 Å². The van der Waals surface area contributed by atoms with Crippen LogP contribution in [0.3, 0.4) is 0 Å². The summed E-state index contributed by atoms with van der Waals surface area (Å²) in [6, 6.07) is 18.9. The average Bonchev–Trinajstić information content (AvgIpc) is 2.39. The Labute approximate surface area is 109 Å². The van der Waals surface area contributed by atoms with E-state index in [4.69, 9.17) is 0 Å². The molecule has 0 fully saturated rings. The zero-order valence-electron chi connectivity index (χ0n) is 10.9. The van der Waals surface area contributed by atoms with Crippen LogP contribution in [0.15, 0.2) is 66.2 Å². The van der Waals surface area contributed by atoms with Crippen molar-refractivity contribution in [1.82, 2.24) is 0 Å². The first-order chi connectivity index (χ1) is 8.74. The van der Waals surface area contributed by atoms with Gasteiger partial charge in [-0.05, 0) is 25.0 Å². The summed E-state index contributed by atoms with van der Waals surface area (Å²) in [4.78, 5) is 0. The van der Waals surface area contributed by atoms with Gasteiger partial charge in [-0.1, -0.05) is 84.0 Å². The number of hydrogen-bond acceptors (Lipinski definition) is 0. The normalized spacial score (nSPS) is 12.0. The van der Waals surface area contributed by atoms with E-state index in [1.807, 2.05) is 6.07 Å². The maximum Gasteiger partial charge on any atom is -0.0254 e. The van der Waals surface area contributed by atoms with Crippen LogP contribution in [0, 0.1) is 6.92 Å². The van der Waals surface area contributed by atoms with Gasteiger partial charge in [0.05, 0.1) is 0 Å². The standard InChI is InChI=1S/C18H18/c1-15-8-11-17(12-9-15)13-10-16(2)14-18-6-4-3-5-7-18/h3-14H,1-2H3/b13-10+,16-14+. The van der Waals surface area contributed by atoms with Crippen LogP contribution in [0.2, 0.25) is 0 Å². The minimum atomic E-state index is 1.24. The Kier molecular flexibility index (Phi) is 4.14. The van der Waals surface area contributed by atoms with E-state index in [2.05, 4.69) is 80.6 Å². The van der Waals surface area contributed by atoms with Crippen molar-refractivity contribution in [2.75, 3.05) is 0 Å². The third kappa shape index (κ3) is 3.74. The molecular weight excluding hydrogens is 216 g/mol. The lowest BCUT2D eigenvalue weighted by Crippen LogP contribution is -1.75. The van der Waals surface area contributed by atoms with Crippen molar-refractivity contribution in [3.63, 3.8) is 0 Å². The van der Waals surface area contributed by atoms with Crippen LogP contribution in [0.25, 0.3) is 12.2 Å². The molecule has 0 bridgehead atoms. The molecule has 0 aliphatic rings. The van der Waals surface area contributed by atoms with Crippen molar-refractivity contribution in [1.29, 1.82) is 0 Å². The SMILES string of the molecule is CC(/C=C/c1ccc(C)cc1)=C\c1ccccc1. The van der Waals surface area contributed by atoms with E-state index < -0.39 is 0 Å². The third-order valence-corrected chi connectivity index (χ3v) is 2.81. The van der Waals surface area contributed by atoms with Gasteiger partial charge in [0, 0.05) is 0 Å². The second-order valence-electron chi connectivity index (χ2n) is 4.54. The summed E-state index contributed by atoms with van der Waals surface area (Å²) in [7, 11) is 0. The molecule has 2 aromatic rings. The molecule has 0 aromatic heterocycles. The molecular formula is C18H18. The first-order valence-electron chi connectivity index (χ1n) is 6.22. The fourth-order valence-electron chi connectivity index (χ4n) is 1.77. The number of rotatable bonds is 3. The number of hydrogen-bond donors (Lipinski definition) is 0. The topological polar surface area (TPSA) is 0 Å². The molecule has 0 spiro atoms. The van der Waals surface area contributed by atoms with E-state index in [0.29, 0.717) is 0 Å². The van der Waals surface area contributed by atoms with Crippen LogP contribution >= 0.6 is 0 Å². The van der Waals surface area contributed by atoms with Gasteiger partial charge >= 0.3 is 0 Å². The first-order valence-corrected chi connectivity index (χ1v) is 6.22. The predicted molar refractivity (Wildman–Crippen MR) is 80.3 cm³/mol. The van der Waals surface area contributed by atoms with Gasteiger partial charge in [0.25, 0.3) is 0 Å². The van der Waals surface area contributed by atoms with Crippen LogP contribution in [0.5, 0.6) is 0 Å². The van der Waals surface area contributed by atoms with Crippen LogP contribution in [-0.4, -0.2) is 0 Å². The Morgan fingerprint density at radius 3 is 2.17 bits per heavy atom. The molecule has 0 saturated heterocycles. The van der Waals surface area contributed by atoms with Crippen molar-refractivity contribution in [2.45, 2.75) is 13.8 Å². The molecule has 0 saturated carbocycles. The monoisotopic (exact) mass is 234 g/mol. The highest BCUT2D eigenvalue weighted by molar-refractivity contribution is 5.60. The minimum Gasteiger partial charge on any atom is -0.0622 e. The summed E-state index contributed by atoms with van der Waals surface area (Å²) in [5.74, 6) is 0. The summed E-state index contributed by atoms with van der Waals surface area (Å²) < 4.78 is 0. The van der Waals surface area contributed by atoms with Crippen molar-refractivity contribution >= 4 is 12.2 Å². The minimum absolute atomic E-state index is 1.24. The van der Waals surface area contributed by atoms with Gasteiger partial charge in [-0.25, -0.2) is 0 Å². The summed E-state index contributed by atoms with van der Waals surface area (Å²) >= 11 is 0. The Hall–Kier alpha value is -2.08. The molecule has 2 rings (SSSR count). The smallest absolute Gasteiger partial charge is 0.0254 e. The maximum absolute atomic E-state index is 2.19. The number of aryl methyl sites for hydroxylation is 1. The third-order valence-electron chi connectivity index (χ3n) is 2.81. The van der Waals surface area contributed by atoms with Crippen LogP contribution < -0.4 is 0 Å². The van der Waals surface area contributed by atoms with E-state index in [1.165, 1.54) is 22.3 Å². The Morgan fingerprint density at radius 2 is 1.50 bits per heavy atom. The second-order valence-corrected chi connectivity index (χ2v) is 4.54. The molecule has 0 heterocycles. The van der Waals surface area contributed by atoms with E-state index in [1.54, 1.807) is 0 Å². The van der Waals surface area contributed by atoms with Gasteiger partial charge in [-0.3, -0.25) is 0 Å². The molecule has 0 radical (unpaired) electrons. The Balaban J connectivity index is 2.09. The van der Waals surface area contributed by atoms with E-state index >= 15 is 0 Å². The molecule has 0 heteroatoms. The first kappa shape index (κ1) is 12.4. The molecule has 0 N–H and O–H groups in total. The zero-order chi connectivity index (χ0) is 12.8. The highest BCUT2D eigenvalue weighted by atomic mass is 13.9. The molecule has 0 nitrogen and oxygen atoms in total. The summed E-state index contributed by atoms with van der Waals surface area (Å²) in [5.41, 5.74) is 5.02. The van der Waals surface area contributed by atoms with Gasteiger partial charge in [0.15, 0.2) is 0 Å². The van der Waals surface area contributed by atoms with Gasteiger partial charge in [0.1, 0.15) is 0 Å². The second kappa shape index (κ2) is 6.02. The maximum atomic E-state index is 2.19. The van der Waals surface area contributed by atoms with Crippen molar-refractivity contribution in [3.05, 3.63) is 82.9 Å². The van der Waals surface area contributed by atoms with Gasteiger partial charge in [-0.2, -0.15) is 0 Å². The molecule has 0 amide bonds. The summed E-state index contributed by atoms with van der Waals surface area (Å²) in [6.07, 6.45) is 6.48. The molecule has 90 valence electrons. The quantitative estimate of drug-likeness (QED) is 0.647. The zero-order valence-corrected chi connectivity index (χ0v) is 10.9. The molecule has 2 aromatic carbocycles. The molecule has 0 aliphatic carbocycles. The molecule has 0 unspecified atom stereocenters. The largest absolute Gasteiger partial charge is 0.0622 e. The van der Waals surface area contributed by atoms with Crippen molar-refractivity contribution in [2.24, 2.45) is 0 Å². The highest BCUT2D eigenvalue weighted by Crippen LogP contribution is 2.10.